The maximum absolute atomic E-state index is 11.7. The summed E-state index contributed by atoms with van der Waals surface area (Å²) in [6, 6.07) is 2.73. The summed E-state index contributed by atoms with van der Waals surface area (Å²) in [5.41, 5.74) is 0. The number of nitrogens with zero attached hydrogens (tertiary/aromatic N) is 1. The minimum Gasteiger partial charge on any atom is -0.480 e. The Kier molecular flexibility index (Phi) is 6.96. The third kappa shape index (κ3) is 7.11. The van der Waals surface area contributed by atoms with E-state index in [0.717, 1.165) is 0 Å². The third-order valence-corrected chi connectivity index (χ3v) is 2.52. The van der Waals surface area contributed by atoms with Gasteiger partial charge in [-0.3, -0.25) is 19.8 Å². The van der Waals surface area contributed by atoms with Crippen LogP contribution in [0.5, 0.6) is 0 Å². The molecule has 0 spiro atoms. The lowest BCUT2D eigenvalue weighted by molar-refractivity contribution is -0.138. The van der Waals surface area contributed by atoms with Crippen LogP contribution < -0.4 is 10.6 Å². The Balaban J connectivity index is 2.33. The lowest BCUT2D eigenvalue weighted by Crippen LogP contribution is -2.45. The minimum absolute atomic E-state index is 0.145. The molecule has 0 aromatic carbocycles. The number of carbonyl (C=O) groups is 3. The highest BCUT2D eigenvalue weighted by Gasteiger charge is 2.15. The number of aliphatic carboxylic acids is 1. The van der Waals surface area contributed by atoms with Gasteiger partial charge in [0.2, 0.25) is 5.91 Å². The maximum atomic E-state index is 11.7. The van der Waals surface area contributed by atoms with E-state index in [4.69, 9.17) is 9.52 Å². The molecule has 21 heavy (non-hydrogen) atoms. The smallest absolute Gasteiger partial charge is 0.321 e. The summed E-state index contributed by atoms with van der Waals surface area (Å²) in [4.78, 5) is 35.3. The number of nitrogens with one attached hydrogen (secondary N) is 2. The van der Waals surface area contributed by atoms with Crippen LogP contribution in [0.25, 0.3) is 0 Å². The Morgan fingerprint density at radius 1 is 1.33 bits per heavy atom. The molecule has 0 aliphatic heterocycles. The molecular weight excluding hydrogens is 278 g/mol. The number of urea groups is 1. The van der Waals surface area contributed by atoms with Gasteiger partial charge in [-0.05, 0) is 25.1 Å². The van der Waals surface area contributed by atoms with Crippen molar-refractivity contribution in [1.29, 1.82) is 0 Å². The Morgan fingerprint density at radius 2 is 2.10 bits per heavy atom. The van der Waals surface area contributed by atoms with Gasteiger partial charge in [0, 0.05) is 0 Å². The second-order valence-electron chi connectivity index (χ2n) is 4.41. The number of amides is 3. The second-order valence-corrected chi connectivity index (χ2v) is 4.41. The Bertz CT molecular complexity index is 472. The number of carboxylic acid groups (broad SMARTS) is 1. The van der Waals surface area contributed by atoms with Crippen molar-refractivity contribution >= 4 is 17.9 Å². The van der Waals surface area contributed by atoms with Crippen molar-refractivity contribution in [3.63, 3.8) is 0 Å². The van der Waals surface area contributed by atoms with E-state index < -0.39 is 17.9 Å². The van der Waals surface area contributed by atoms with E-state index in [2.05, 4.69) is 10.6 Å². The molecule has 0 saturated heterocycles. The van der Waals surface area contributed by atoms with Crippen LogP contribution in [-0.2, 0) is 16.1 Å². The van der Waals surface area contributed by atoms with Crippen LogP contribution in [0.4, 0.5) is 4.79 Å². The van der Waals surface area contributed by atoms with Gasteiger partial charge >= 0.3 is 12.0 Å². The first-order valence-electron chi connectivity index (χ1n) is 6.55. The van der Waals surface area contributed by atoms with Gasteiger partial charge < -0.3 is 14.8 Å². The van der Waals surface area contributed by atoms with E-state index in [1.54, 1.807) is 12.1 Å². The van der Waals surface area contributed by atoms with Crippen LogP contribution in [0.1, 0.15) is 19.1 Å². The lowest BCUT2D eigenvalue weighted by atomic mass is 10.4. The zero-order valence-corrected chi connectivity index (χ0v) is 11.8. The largest absolute Gasteiger partial charge is 0.480 e. The van der Waals surface area contributed by atoms with Crippen molar-refractivity contribution in [1.82, 2.24) is 15.5 Å². The second kappa shape index (κ2) is 8.75. The summed E-state index contributed by atoms with van der Waals surface area (Å²) in [6.45, 7) is 2.13. The topological polar surface area (TPSA) is 112 Å². The molecule has 0 radical (unpaired) electrons. The van der Waals surface area contributed by atoms with Crippen molar-refractivity contribution < 1.29 is 23.9 Å². The molecule has 0 saturated carbocycles. The summed E-state index contributed by atoms with van der Waals surface area (Å²) in [7, 11) is 0. The zero-order chi connectivity index (χ0) is 15.7. The number of carbonyl (C=O) groups excluding carboxylic acids is 2. The molecule has 0 unspecified atom stereocenters. The normalized spacial score (nSPS) is 10.4. The molecule has 1 heterocycles. The van der Waals surface area contributed by atoms with E-state index in [-0.39, 0.29) is 19.6 Å². The first-order valence-corrected chi connectivity index (χ1v) is 6.55. The predicted octanol–water partition coefficient (Wildman–Crippen LogP) is 0.402. The molecule has 3 N–H and O–H groups in total. The number of imide groups is 1. The van der Waals surface area contributed by atoms with Gasteiger partial charge in [-0.2, -0.15) is 0 Å². The van der Waals surface area contributed by atoms with Crippen LogP contribution in [0.3, 0.4) is 0 Å². The van der Waals surface area contributed by atoms with Crippen LogP contribution in [0, 0.1) is 0 Å². The van der Waals surface area contributed by atoms with Gasteiger partial charge in [-0.25, -0.2) is 4.79 Å². The highest BCUT2D eigenvalue weighted by atomic mass is 16.4. The van der Waals surface area contributed by atoms with Gasteiger partial charge in [-0.15, -0.1) is 0 Å². The molecule has 1 aromatic heterocycles. The van der Waals surface area contributed by atoms with Gasteiger partial charge in [0.1, 0.15) is 5.76 Å². The molecule has 8 heteroatoms. The fourth-order valence-corrected chi connectivity index (χ4v) is 1.72. The van der Waals surface area contributed by atoms with E-state index in [1.165, 1.54) is 11.2 Å². The molecule has 0 atom stereocenters. The van der Waals surface area contributed by atoms with Gasteiger partial charge in [0.15, 0.2) is 0 Å². The van der Waals surface area contributed by atoms with Crippen LogP contribution in [0.2, 0.25) is 0 Å². The lowest BCUT2D eigenvalue weighted by Gasteiger charge is -2.18. The molecule has 1 rings (SSSR count). The van der Waals surface area contributed by atoms with E-state index in [9.17, 15) is 14.4 Å². The Morgan fingerprint density at radius 3 is 2.67 bits per heavy atom. The van der Waals surface area contributed by atoms with Crippen molar-refractivity contribution in [2.45, 2.75) is 19.9 Å². The van der Waals surface area contributed by atoms with E-state index in [1.807, 2.05) is 6.92 Å². The maximum Gasteiger partial charge on any atom is 0.321 e. The Labute approximate surface area is 122 Å². The number of hydrogen-bond donors (Lipinski definition) is 3. The molecule has 116 valence electrons. The molecule has 0 aliphatic carbocycles. The number of rotatable bonds is 8. The summed E-state index contributed by atoms with van der Waals surface area (Å²) < 4.78 is 5.03. The zero-order valence-electron chi connectivity index (χ0n) is 11.8. The van der Waals surface area contributed by atoms with Crippen molar-refractivity contribution in [2.24, 2.45) is 0 Å². The quantitative estimate of drug-likeness (QED) is 0.640. The van der Waals surface area contributed by atoms with E-state index in [0.29, 0.717) is 18.7 Å². The predicted molar refractivity (Wildman–Crippen MR) is 73.5 cm³/mol. The third-order valence-electron chi connectivity index (χ3n) is 2.52. The summed E-state index contributed by atoms with van der Waals surface area (Å²) in [6.07, 6.45) is 2.19. The first kappa shape index (κ1) is 16.7. The fourth-order valence-electron chi connectivity index (χ4n) is 1.72. The molecule has 0 fully saturated rings. The van der Waals surface area contributed by atoms with Crippen LogP contribution in [0.15, 0.2) is 22.8 Å². The minimum atomic E-state index is -1.02. The molecule has 8 nitrogen and oxygen atoms in total. The summed E-state index contributed by atoms with van der Waals surface area (Å²) >= 11 is 0. The highest BCUT2D eigenvalue weighted by Crippen LogP contribution is 1.98. The molecule has 0 aliphatic rings. The Hall–Kier alpha value is -2.35. The van der Waals surface area contributed by atoms with Crippen molar-refractivity contribution in [2.75, 3.05) is 19.6 Å². The average molecular weight is 297 g/mol. The first-order chi connectivity index (χ1) is 10.0. The van der Waals surface area contributed by atoms with Gasteiger partial charge in [0.25, 0.3) is 0 Å². The molecule has 0 bridgehead atoms. The molecular formula is C13H19N3O5. The monoisotopic (exact) mass is 297 g/mol. The molecule has 3 amide bonds. The average Bonchev–Trinajstić information content (AvgIpc) is 2.88. The van der Waals surface area contributed by atoms with Crippen LogP contribution in [-0.4, -0.2) is 47.5 Å². The fraction of sp³-hybridized carbons (Fsp3) is 0.462. The van der Waals surface area contributed by atoms with Gasteiger partial charge in [0.05, 0.1) is 25.9 Å². The number of hydrogen-bond acceptors (Lipinski definition) is 5. The highest BCUT2D eigenvalue weighted by molar-refractivity contribution is 5.95. The van der Waals surface area contributed by atoms with Crippen molar-refractivity contribution in [3.05, 3.63) is 24.2 Å². The summed E-state index contributed by atoms with van der Waals surface area (Å²) in [5.74, 6) is -1.00. The summed E-state index contributed by atoms with van der Waals surface area (Å²) in [5, 5.41) is 13.3. The van der Waals surface area contributed by atoms with Gasteiger partial charge in [-0.1, -0.05) is 6.92 Å². The SMILES string of the molecule is CCCN(CC(=O)O)CC(=O)NC(=O)NCc1ccco1. The number of carboxylic acids is 1. The molecule has 1 aromatic rings. The van der Waals surface area contributed by atoms with Crippen LogP contribution >= 0.6 is 0 Å². The van der Waals surface area contributed by atoms with Crippen molar-refractivity contribution in [3.8, 4) is 0 Å². The standard InChI is InChI=1S/C13H19N3O5/c1-2-5-16(9-12(18)19)8-11(17)15-13(20)14-7-10-4-3-6-21-10/h3-4,6H,2,5,7-9H2,1H3,(H,18,19)(H2,14,15,17,20). The number of furan rings is 1. The van der Waals surface area contributed by atoms with E-state index >= 15 is 0 Å².